The summed E-state index contributed by atoms with van der Waals surface area (Å²) in [6, 6.07) is 28.9. The van der Waals surface area contributed by atoms with Gasteiger partial charge in [0, 0.05) is 0 Å². The van der Waals surface area contributed by atoms with E-state index in [1.165, 1.54) is 0 Å². The summed E-state index contributed by atoms with van der Waals surface area (Å²) >= 11 is 17.9. The number of alkyl halides is 3. The van der Waals surface area contributed by atoms with Crippen LogP contribution in [-0.4, -0.2) is 53.0 Å². The fourth-order valence-electron chi connectivity index (χ4n) is 4.51. The minimum atomic E-state index is -2.19. The van der Waals surface area contributed by atoms with E-state index in [-0.39, 0.29) is 19.8 Å². The van der Waals surface area contributed by atoms with Crippen LogP contribution in [0.25, 0.3) is 0 Å². The first kappa shape index (κ1) is 35.2. The number of hydrogen-bond acceptors (Lipinski definition) is 8. The van der Waals surface area contributed by atoms with Gasteiger partial charge < -0.3 is 28.4 Å². The molecule has 0 aromatic heterocycles. The molecule has 4 rings (SSSR count). The Balaban J connectivity index is 1.70. The molecule has 0 radical (unpaired) electrons. The fourth-order valence-corrected chi connectivity index (χ4v) is 4.64. The largest absolute Gasteiger partial charge is 0.452 e. The Morgan fingerprint density at radius 2 is 1.18 bits per heavy atom. The maximum atomic E-state index is 13.3. The predicted octanol–water partition coefficient (Wildman–Crippen LogP) is 7.42. The molecule has 242 valence electrons. The van der Waals surface area contributed by atoms with Crippen molar-refractivity contribution < 1.29 is 33.2 Å². The molecule has 1 N–H and O–H groups in total. The number of carbonyl (C=O) groups excluding carboxylic acids is 1. The van der Waals surface area contributed by atoms with Gasteiger partial charge in [0.05, 0.1) is 31.8 Å². The summed E-state index contributed by atoms with van der Waals surface area (Å²) in [6.45, 7) is 5.90. The molecule has 45 heavy (non-hydrogen) atoms. The molecule has 1 heterocycles. The van der Waals surface area contributed by atoms with Crippen LogP contribution in [0.15, 0.2) is 91.0 Å². The first-order valence-corrected chi connectivity index (χ1v) is 15.7. The van der Waals surface area contributed by atoms with Gasteiger partial charge in [0.1, 0.15) is 18.3 Å². The second kappa shape index (κ2) is 16.2. The van der Waals surface area contributed by atoms with Crippen LogP contribution < -0.4 is 0 Å². The first-order chi connectivity index (χ1) is 21.4. The Kier molecular flexibility index (Phi) is 12.7. The third-order valence-corrected chi connectivity index (χ3v) is 7.42. The van der Waals surface area contributed by atoms with Crippen LogP contribution >= 0.6 is 34.8 Å². The molecule has 1 aliphatic heterocycles. The molecule has 1 saturated heterocycles. The zero-order valence-electron chi connectivity index (χ0n) is 25.4. The molecule has 0 spiro atoms. The van der Waals surface area contributed by atoms with Crippen molar-refractivity contribution in [2.75, 3.05) is 6.61 Å². The monoisotopic (exact) mass is 677 g/mol. The predicted molar refractivity (Wildman–Crippen MR) is 173 cm³/mol. The third kappa shape index (κ3) is 10.7. The van der Waals surface area contributed by atoms with Gasteiger partial charge in [0.25, 0.3) is 3.79 Å². The highest BCUT2D eigenvalue weighted by molar-refractivity contribution is 6.76. The number of esters is 1. The van der Waals surface area contributed by atoms with Crippen LogP contribution in [0, 0.1) is 10.8 Å². The lowest BCUT2D eigenvalue weighted by molar-refractivity contribution is -0.307. The van der Waals surface area contributed by atoms with E-state index in [1.54, 1.807) is 20.8 Å². The maximum Gasteiger partial charge on any atom is 0.311 e. The molecule has 0 saturated carbocycles. The quantitative estimate of drug-likeness (QED) is 0.0922. The second-order valence-corrected chi connectivity index (χ2v) is 13.9. The topological polar surface area (TPSA) is 96.3 Å². The van der Waals surface area contributed by atoms with Gasteiger partial charge in [0.2, 0.25) is 12.2 Å². The van der Waals surface area contributed by atoms with Gasteiger partial charge >= 0.3 is 5.97 Å². The highest BCUT2D eigenvalue weighted by Gasteiger charge is 2.52. The van der Waals surface area contributed by atoms with Crippen LogP contribution in [0.1, 0.15) is 37.5 Å². The van der Waals surface area contributed by atoms with Crippen LogP contribution in [0.2, 0.25) is 0 Å². The van der Waals surface area contributed by atoms with Gasteiger partial charge in [-0.15, -0.1) is 0 Å². The summed E-state index contributed by atoms with van der Waals surface area (Å²) in [6.07, 6.45) is -5.13. The third-order valence-electron chi connectivity index (χ3n) is 6.90. The number of ether oxygens (including phenoxy) is 6. The summed E-state index contributed by atoms with van der Waals surface area (Å²) in [4.78, 5) is 13.3. The standard InChI is InChI=1S/C34H38Cl3NO7/c1-33(2,3)32(39)44-29-28(42-21-25-17-11-6-12-18-25)27(41-20-24-15-9-5-10-16-24)26(22-40-19-23-13-7-4-8-14-23)43-30(29)45-31(38)34(35,36)37/h4-18,26-30,38H,19-22H2,1-3H3/t26-,27-,28+,29-,30+/m1/s1. The highest BCUT2D eigenvalue weighted by atomic mass is 35.6. The van der Waals surface area contributed by atoms with E-state index in [1.807, 2.05) is 91.0 Å². The number of carbonyl (C=O) groups is 1. The van der Waals surface area contributed by atoms with Crippen molar-refractivity contribution in [3.8, 4) is 0 Å². The van der Waals surface area contributed by atoms with Crippen molar-refractivity contribution in [3.63, 3.8) is 0 Å². The van der Waals surface area contributed by atoms with Gasteiger partial charge in [-0.25, -0.2) is 0 Å². The molecular weight excluding hydrogens is 641 g/mol. The summed E-state index contributed by atoms with van der Waals surface area (Å²) in [5.41, 5.74) is 1.89. The van der Waals surface area contributed by atoms with E-state index >= 15 is 0 Å². The van der Waals surface area contributed by atoms with Crippen molar-refractivity contribution in [2.24, 2.45) is 5.41 Å². The van der Waals surface area contributed by atoms with Crippen molar-refractivity contribution in [3.05, 3.63) is 108 Å². The average molecular weight is 679 g/mol. The lowest BCUT2D eigenvalue weighted by Gasteiger charge is -2.45. The molecule has 0 aliphatic carbocycles. The zero-order chi connectivity index (χ0) is 32.5. The molecular formula is C34H38Cl3NO7. The molecule has 11 heteroatoms. The molecule has 0 amide bonds. The summed E-state index contributed by atoms with van der Waals surface area (Å²) in [5, 5.41) is 8.29. The average Bonchev–Trinajstić information content (AvgIpc) is 3.01. The van der Waals surface area contributed by atoms with Crippen molar-refractivity contribution >= 4 is 46.7 Å². The van der Waals surface area contributed by atoms with E-state index in [0.717, 1.165) is 16.7 Å². The van der Waals surface area contributed by atoms with E-state index < -0.39 is 51.8 Å². The molecule has 1 aliphatic rings. The Hall–Kier alpha value is -2.69. The molecule has 0 bridgehead atoms. The lowest BCUT2D eigenvalue weighted by atomic mass is 9.95. The van der Waals surface area contributed by atoms with Crippen molar-refractivity contribution in [1.82, 2.24) is 0 Å². The molecule has 1 fully saturated rings. The molecule has 5 atom stereocenters. The zero-order valence-corrected chi connectivity index (χ0v) is 27.6. The van der Waals surface area contributed by atoms with Gasteiger partial charge in [0.15, 0.2) is 6.10 Å². The molecule has 3 aromatic rings. The van der Waals surface area contributed by atoms with Gasteiger partial charge in [-0.2, -0.15) is 0 Å². The fraction of sp³-hybridized carbons (Fsp3) is 0.412. The van der Waals surface area contributed by atoms with E-state index in [4.69, 9.17) is 68.6 Å². The normalized spacial score (nSPS) is 22.0. The van der Waals surface area contributed by atoms with Gasteiger partial charge in [-0.3, -0.25) is 10.2 Å². The van der Waals surface area contributed by atoms with Crippen LogP contribution in [0.5, 0.6) is 0 Å². The van der Waals surface area contributed by atoms with Crippen molar-refractivity contribution in [1.29, 1.82) is 5.41 Å². The number of hydrogen-bond donors (Lipinski definition) is 1. The Morgan fingerprint density at radius 3 is 1.64 bits per heavy atom. The Labute approximate surface area is 279 Å². The number of rotatable bonds is 12. The summed E-state index contributed by atoms with van der Waals surface area (Å²) in [5.74, 6) is -1.25. The van der Waals surface area contributed by atoms with E-state index in [9.17, 15) is 4.79 Å². The summed E-state index contributed by atoms with van der Waals surface area (Å²) < 4.78 is 35.0. The molecule has 0 unspecified atom stereocenters. The number of halogens is 3. The van der Waals surface area contributed by atoms with Crippen LogP contribution in [-0.2, 0) is 53.0 Å². The SMILES string of the molecule is CC(C)(C)C(=O)O[C@H]1[C@H](OC(=N)C(Cl)(Cl)Cl)O[C@H](COCc2ccccc2)[C@@H](OCc2ccccc2)[C@@H]1OCc1ccccc1. The second-order valence-electron chi connectivity index (χ2n) is 11.6. The molecule has 3 aromatic carbocycles. The number of nitrogens with one attached hydrogen (secondary N) is 1. The number of benzene rings is 3. The Morgan fingerprint density at radius 1 is 0.711 bits per heavy atom. The first-order valence-electron chi connectivity index (χ1n) is 14.5. The smallest absolute Gasteiger partial charge is 0.311 e. The van der Waals surface area contributed by atoms with Gasteiger partial charge in [-0.05, 0) is 37.5 Å². The minimum Gasteiger partial charge on any atom is -0.452 e. The molecule has 8 nitrogen and oxygen atoms in total. The lowest BCUT2D eigenvalue weighted by Crippen LogP contribution is -2.63. The maximum absolute atomic E-state index is 13.3. The Bertz CT molecular complexity index is 1350. The van der Waals surface area contributed by atoms with Crippen molar-refractivity contribution in [2.45, 2.75) is 75.1 Å². The van der Waals surface area contributed by atoms with Crippen LogP contribution in [0.3, 0.4) is 0 Å². The van der Waals surface area contributed by atoms with E-state index in [0.29, 0.717) is 6.61 Å². The minimum absolute atomic E-state index is 0.0560. The van der Waals surface area contributed by atoms with E-state index in [2.05, 4.69) is 0 Å². The summed E-state index contributed by atoms with van der Waals surface area (Å²) in [7, 11) is 0. The van der Waals surface area contributed by atoms with Crippen LogP contribution in [0.4, 0.5) is 0 Å². The van der Waals surface area contributed by atoms with Gasteiger partial charge in [-0.1, -0.05) is 126 Å². The highest BCUT2D eigenvalue weighted by Crippen LogP contribution is 2.35.